The Morgan fingerprint density at radius 1 is 1.59 bits per heavy atom. The van der Waals surface area contributed by atoms with E-state index < -0.39 is 6.04 Å². The first-order valence-corrected chi connectivity index (χ1v) is 5.73. The van der Waals surface area contributed by atoms with Crippen molar-refractivity contribution in [2.24, 2.45) is 5.73 Å². The summed E-state index contributed by atoms with van der Waals surface area (Å²) in [7, 11) is 0. The molecule has 0 fully saturated rings. The van der Waals surface area contributed by atoms with Gasteiger partial charge in [0.25, 0.3) is 0 Å². The molecule has 0 aromatic heterocycles. The lowest BCUT2D eigenvalue weighted by Crippen LogP contribution is -2.17. The molecule has 0 saturated carbocycles. The predicted molar refractivity (Wildman–Crippen MR) is 71.2 cm³/mol. The summed E-state index contributed by atoms with van der Waals surface area (Å²) in [5.74, 6) is -0.220. The van der Waals surface area contributed by atoms with Crippen LogP contribution >= 0.6 is 28.3 Å². The van der Waals surface area contributed by atoms with Gasteiger partial charge in [0.15, 0.2) is 0 Å². The SMILES string of the molecule is CCOC(=O)C[C@H](N)c1cc(O)ccc1Br.Cl. The Balaban J connectivity index is 0.00000256. The summed E-state index contributed by atoms with van der Waals surface area (Å²) in [6, 6.07) is 4.29. The van der Waals surface area contributed by atoms with Gasteiger partial charge in [0, 0.05) is 10.5 Å². The molecule has 6 heteroatoms. The van der Waals surface area contributed by atoms with Crippen molar-refractivity contribution < 1.29 is 14.6 Å². The lowest BCUT2D eigenvalue weighted by molar-refractivity contribution is -0.143. The zero-order valence-electron chi connectivity index (χ0n) is 9.35. The minimum atomic E-state index is -0.486. The number of nitrogens with two attached hydrogens (primary N) is 1. The third kappa shape index (κ3) is 4.93. The third-order valence-electron chi connectivity index (χ3n) is 2.07. The zero-order chi connectivity index (χ0) is 12.1. The zero-order valence-corrected chi connectivity index (χ0v) is 11.8. The maximum Gasteiger partial charge on any atom is 0.307 e. The van der Waals surface area contributed by atoms with Crippen molar-refractivity contribution in [1.82, 2.24) is 0 Å². The number of carbonyl (C=O) groups excluding carboxylic acids is 1. The Kier molecular flexibility index (Phi) is 7.18. The summed E-state index contributed by atoms with van der Waals surface area (Å²) in [5.41, 5.74) is 6.54. The fraction of sp³-hybridized carbons (Fsp3) is 0.364. The molecule has 0 bridgehead atoms. The van der Waals surface area contributed by atoms with Crippen LogP contribution < -0.4 is 5.73 Å². The lowest BCUT2D eigenvalue weighted by atomic mass is 10.0. The third-order valence-corrected chi connectivity index (χ3v) is 2.79. The smallest absolute Gasteiger partial charge is 0.307 e. The van der Waals surface area contributed by atoms with Gasteiger partial charge in [-0.15, -0.1) is 12.4 Å². The van der Waals surface area contributed by atoms with E-state index in [0.717, 1.165) is 4.47 Å². The van der Waals surface area contributed by atoms with Crippen molar-refractivity contribution >= 4 is 34.3 Å². The molecule has 3 N–H and O–H groups in total. The number of ether oxygens (including phenoxy) is 1. The van der Waals surface area contributed by atoms with Crippen LogP contribution in [-0.4, -0.2) is 17.7 Å². The molecular weight excluding hydrogens is 309 g/mol. The molecule has 96 valence electrons. The molecule has 0 aliphatic carbocycles. The quantitative estimate of drug-likeness (QED) is 0.835. The first-order valence-electron chi connectivity index (χ1n) is 4.94. The van der Waals surface area contributed by atoms with E-state index in [2.05, 4.69) is 15.9 Å². The number of hydrogen-bond donors (Lipinski definition) is 2. The Hall–Kier alpha value is -0.780. The first-order chi connectivity index (χ1) is 7.54. The van der Waals surface area contributed by atoms with Crippen molar-refractivity contribution in [3.63, 3.8) is 0 Å². The van der Waals surface area contributed by atoms with Crippen molar-refractivity contribution in [3.05, 3.63) is 28.2 Å². The van der Waals surface area contributed by atoms with Crippen molar-refractivity contribution in [1.29, 1.82) is 0 Å². The van der Waals surface area contributed by atoms with Crippen LogP contribution in [-0.2, 0) is 9.53 Å². The maximum atomic E-state index is 11.2. The molecule has 0 amide bonds. The summed E-state index contributed by atoms with van der Waals surface area (Å²) in [5, 5.41) is 9.33. The van der Waals surface area contributed by atoms with Gasteiger partial charge in [-0.05, 0) is 30.7 Å². The Morgan fingerprint density at radius 2 is 2.24 bits per heavy atom. The number of aromatic hydroxyl groups is 1. The monoisotopic (exact) mass is 323 g/mol. The van der Waals surface area contributed by atoms with Crippen LogP contribution in [0.5, 0.6) is 5.75 Å². The van der Waals surface area contributed by atoms with E-state index in [1.54, 1.807) is 19.1 Å². The second-order valence-electron chi connectivity index (χ2n) is 3.32. The highest BCUT2D eigenvalue weighted by Gasteiger charge is 2.15. The number of phenols is 1. The summed E-state index contributed by atoms with van der Waals surface area (Å²) in [6.45, 7) is 2.08. The lowest BCUT2D eigenvalue weighted by Gasteiger charge is -2.13. The Bertz CT molecular complexity index is 387. The number of phenolic OH excluding ortho intramolecular Hbond substituents is 1. The minimum Gasteiger partial charge on any atom is -0.508 e. The summed E-state index contributed by atoms with van der Waals surface area (Å²) < 4.78 is 5.57. The Morgan fingerprint density at radius 3 is 2.82 bits per heavy atom. The van der Waals surface area contributed by atoms with Crippen molar-refractivity contribution in [3.8, 4) is 5.75 Å². The fourth-order valence-corrected chi connectivity index (χ4v) is 1.87. The topological polar surface area (TPSA) is 72.5 Å². The van der Waals surface area contributed by atoms with Crippen molar-refractivity contribution in [2.45, 2.75) is 19.4 Å². The molecule has 0 spiro atoms. The minimum absolute atomic E-state index is 0. The van der Waals surface area contributed by atoms with Gasteiger partial charge in [-0.1, -0.05) is 15.9 Å². The van der Waals surface area contributed by atoms with Gasteiger partial charge in [-0.2, -0.15) is 0 Å². The van der Waals surface area contributed by atoms with Gasteiger partial charge < -0.3 is 15.6 Å². The van der Waals surface area contributed by atoms with E-state index in [4.69, 9.17) is 10.5 Å². The number of benzene rings is 1. The normalized spacial score (nSPS) is 11.5. The number of rotatable bonds is 4. The first kappa shape index (κ1) is 16.2. The molecular formula is C11H15BrClNO3. The van der Waals surface area contributed by atoms with Crippen LogP contribution in [0.2, 0.25) is 0 Å². The van der Waals surface area contributed by atoms with Gasteiger partial charge in [-0.3, -0.25) is 4.79 Å². The summed E-state index contributed by atoms with van der Waals surface area (Å²) in [6.07, 6.45) is 0.0931. The van der Waals surface area contributed by atoms with Crippen molar-refractivity contribution in [2.75, 3.05) is 6.61 Å². The number of hydrogen-bond acceptors (Lipinski definition) is 4. The molecule has 4 nitrogen and oxygen atoms in total. The molecule has 0 radical (unpaired) electrons. The molecule has 0 aliphatic heterocycles. The van der Waals surface area contributed by atoms with Crippen LogP contribution in [0.4, 0.5) is 0 Å². The van der Waals surface area contributed by atoms with Gasteiger partial charge in [-0.25, -0.2) is 0 Å². The highest BCUT2D eigenvalue weighted by molar-refractivity contribution is 9.10. The molecule has 1 aromatic carbocycles. The van der Waals surface area contributed by atoms with E-state index >= 15 is 0 Å². The number of carbonyl (C=O) groups is 1. The highest BCUT2D eigenvalue weighted by atomic mass is 79.9. The van der Waals surface area contributed by atoms with Crippen LogP contribution in [0.15, 0.2) is 22.7 Å². The molecule has 0 unspecified atom stereocenters. The van der Waals surface area contributed by atoms with Gasteiger partial charge in [0.2, 0.25) is 0 Å². The van der Waals surface area contributed by atoms with E-state index in [1.807, 2.05) is 0 Å². The predicted octanol–water partition coefficient (Wildman–Crippen LogP) is 2.53. The van der Waals surface area contributed by atoms with Gasteiger partial charge in [0.05, 0.1) is 13.0 Å². The second-order valence-corrected chi connectivity index (χ2v) is 4.18. The van der Waals surface area contributed by atoms with E-state index in [-0.39, 0.29) is 30.5 Å². The molecule has 1 atom stereocenters. The van der Waals surface area contributed by atoms with Gasteiger partial charge in [0.1, 0.15) is 5.75 Å². The molecule has 17 heavy (non-hydrogen) atoms. The van der Waals surface area contributed by atoms with E-state index in [9.17, 15) is 9.90 Å². The van der Waals surface area contributed by atoms with E-state index in [0.29, 0.717) is 12.2 Å². The molecule has 0 aliphatic rings. The van der Waals surface area contributed by atoms with Crippen LogP contribution in [0.25, 0.3) is 0 Å². The molecule has 0 saturated heterocycles. The number of halogens is 2. The average molecular weight is 325 g/mol. The van der Waals surface area contributed by atoms with Gasteiger partial charge >= 0.3 is 5.97 Å². The number of esters is 1. The van der Waals surface area contributed by atoms with E-state index in [1.165, 1.54) is 6.07 Å². The molecule has 1 rings (SSSR count). The fourth-order valence-electron chi connectivity index (χ4n) is 1.32. The van der Waals surface area contributed by atoms with Crippen LogP contribution in [0, 0.1) is 0 Å². The second kappa shape index (κ2) is 7.53. The van der Waals surface area contributed by atoms with Crippen LogP contribution in [0.1, 0.15) is 24.9 Å². The van der Waals surface area contributed by atoms with Crippen LogP contribution in [0.3, 0.4) is 0 Å². The summed E-state index contributed by atoms with van der Waals surface area (Å²) in [4.78, 5) is 11.2. The molecule has 0 heterocycles. The largest absolute Gasteiger partial charge is 0.508 e. The average Bonchev–Trinajstić information content (AvgIpc) is 2.21. The molecule has 1 aromatic rings. The Labute approximate surface area is 115 Å². The standard InChI is InChI=1S/C11H14BrNO3.ClH/c1-2-16-11(15)6-10(13)8-5-7(14)3-4-9(8)12;/h3-5,10,14H,2,6,13H2,1H3;1H/t10-;/m0./s1. The summed E-state index contributed by atoms with van der Waals surface area (Å²) >= 11 is 3.32. The maximum absolute atomic E-state index is 11.2. The highest BCUT2D eigenvalue weighted by Crippen LogP contribution is 2.27.